The highest BCUT2D eigenvalue weighted by molar-refractivity contribution is 6.30. The van der Waals surface area contributed by atoms with E-state index in [0.29, 0.717) is 34.7 Å². The first kappa shape index (κ1) is 12.6. The van der Waals surface area contributed by atoms with Gasteiger partial charge in [-0.2, -0.15) is 4.98 Å². The zero-order valence-electron chi connectivity index (χ0n) is 10.3. The number of hydrogen-bond donors (Lipinski definition) is 1. The van der Waals surface area contributed by atoms with Crippen molar-refractivity contribution in [2.24, 2.45) is 0 Å². The van der Waals surface area contributed by atoms with Crippen LogP contribution in [0.15, 0.2) is 24.3 Å². The van der Waals surface area contributed by atoms with Crippen molar-refractivity contribution in [3.63, 3.8) is 0 Å². The Labute approximate surface area is 111 Å². The molecular weight excluding hydrogens is 250 g/mol. The number of halogens is 1. The van der Waals surface area contributed by atoms with E-state index in [0.717, 1.165) is 5.56 Å². The average molecular weight is 264 g/mol. The molecule has 2 N–H and O–H groups in total. The van der Waals surface area contributed by atoms with Crippen molar-refractivity contribution in [1.29, 1.82) is 0 Å². The molecule has 2 aromatic rings. The van der Waals surface area contributed by atoms with E-state index in [4.69, 9.17) is 22.1 Å². The Hall–Kier alpha value is -1.81. The van der Waals surface area contributed by atoms with E-state index >= 15 is 0 Å². The van der Waals surface area contributed by atoms with E-state index in [-0.39, 0.29) is 0 Å². The van der Waals surface area contributed by atoms with Gasteiger partial charge in [0.05, 0.1) is 0 Å². The molecule has 0 fully saturated rings. The van der Waals surface area contributed by atoms with Gasteiger partial charge >= 0.3 is 0 Å². The zero-order chi connectivity index (χ0) is 13.1. The van der Waals surface area contributed by atoms with Gasteiger partial charge in [0, 0.05) is 17.5 Å². The van der Waals surface area contributed by atoms with Crippen LogP contribution in [0.3, 0.4) is 0 Å². The summed E-state index contributed by atoms with van der Waals surface area (Å²) >= 11 is 5.89. The van der Waals surface area contributed by atoms with Crippen molar-refractivity contribution in [3.05, 3.63) is 40.7 Å². The van der Waals surface area contributed by atoms with Gasteiger partial charge in [0.2, 0.25) is 5.88 Å². The maximum atomic E-state index is 5.89. The third-order valence-electron chi connectivity index (χ3n) is 2.44. The molecule has 94 valence electrons. The molecule has 0 amide bonds. The van der Waals surface area contributed by atoms with Gasteiger partial charge < -0.3 is 10.5 Å². The molecule has 0 saturated carbocycles. The lowest BCUT2D eigenvalue weighted by Gasteiger charge is -2.09. The second-order valence-corrected chi connectivity index (χ2v) is 4.35. The SMILES string of the molecule is CCc1nc(N)cc(Oc2ccc(Cl)cc2C)n1. The normalized spacial score (nSPS) is 10.4. The molecule has 1 aromatic heterocycles. The second-order valence-electron chi connectivity index (χ2n) is 3.91. The van der Waals surface area contributed by atoms with Crippen LogP contribution in [0.1, 0.15) is 18.3 Å². The third-order valence-corrected chi connectivity index (χ3v) is 2.67. The lowest BCUT2D eigenvalue weighted by atomic mass is 10.2. The first-order valence-corrected chi connectivity index (χ1v) is 6.03. The summed E-state index contributed by atoms with van der Waals surface area (Å²) in [5.41, 5.74) is 6.64. The first-order chi connectivity index (χ1) is 8.58. The molecule has 2 rings (SSSR count). The van der Waals surface area contributed by atoms with E-state index in [2.05, 4.69) is 9.97 Å². The van der Waals surface area contributed by atoms with Gasteiger partial charge in [-0.3, -0.25) is 0 Å². The van der Waals surface area contributed by atoms with Crippen LogP contribution >= 0.6 is 11.6 Å². The minimum atomic E-state index is 0.406. The van der Waals surface area contributed by atoms with Crippen molar-refractivity contribution in [1.82, 2.24) is 9.97 Å². The minimum absolute atomic E-state index is 0.406. The number of nitrogens with zero attached hydrogens (tertiary/aromatic N) is 2. The summed E-state index contributed by atoms with van der Waals surface area (Å²) in [5.74, 6) is 2.23. The average Bonchev–Trinajstić information content (AvgIpc) is 2.32. The van der Waals surface area contributed by atoms with Crippen LogP contribution in [0.2, 0.25) is 5.02 Å². The Morgan fingerprint density at radius 1 is 1.28 bits per heavy atom. The Balaban J connectivity index is 2.30. The molecule has 0 aliphatic rings. The van der Waals surface area contributed by atoms with Crippen molar-refractivity contribution >= 4 is 17.4 Å². The molecule has 5 heteroatoms. The van der Waals surface area contributed by atoms with Gasteiger partial charge in [-0.25, -0.2) is 4.98 Å². The molecule has 0 aliphatic carbocycles. The molecule has 0 saturated heterocycles. The van der Waals surface area contributed by atoms with Crippen LogP contribution < -0.4 is 10.5 Å². The lowest BCUT2D eigenvalue weighted by Crippen LogP contribution is -2.00. The number of ether oxygens (including phenoxy) is 1. The number of aromatic nitrogens is 2. The summed E-state index contributed by atoms with van der Waals surface area (Å²) in [7, 11) is 0. The van der Waals surface area contributed by atoms with Gasteiger partial charge in [0.25, 0.3) is 0 Å². The van der Waals surface area contributed by atoms with Crippen molar-refractivity contribution < 1.29 is 4.74 Å². The summed E-state index contributed by atoms with van der Waals surface area (Å²) in [6.45, 7) is 3.89. The molecule has 1 aromatic carbocycles. The summed E-state index contributed by atoms with van der Waals surface area (Å²) in [5, 5.41) is 0.677. The van der Waals surface area contributed by atoms with Crippen LogP contribution in [0.25, 0.3) is 0 Å². The van der Waals surface area contributed by atoms with Crippen molar-refractivity contribution in [3.8, 4) is 11.6 Å². The molecule has 0 spiro atoms. The summed E-state index contributed by atoms with van der Waals surface area (Å²) in [6.07, 6.45) is 0.709. The highest BCUT2D eigenvalue weighted by Crippen LogP contribution is 2.26. The van der Waals surface area contributed by atoms with E-state index in [1.165, 1.54) is 0 Å². The smallest absolute Gasteiger partial charge is 0.224 e. The second kappa shape index (κ2) is 5.23. The van der Waals surface area contributed by atoms with E-state index in [9.17, 15) is 0 Å². The van der Waals surface area contributed by atoms with Gasteiger partial charge in [-0.1, -0.05) is 18.5 Å². The molecule has 0 unspecified atom stereocenters. The Morgan fingerprint density at radius 2 is 2.06 bits per heavy atom. The van der Waals surface area contributed by atoms with Gasteiger partial charge in [-0.15, -0.1) is 0 Å². The summed E-state index contributed by atoms with van der Waals surface area (Å²) in [4.78, 5) is 8.36. The van der Waals surface area contributed by atoms with Crippen LogP contribution in [-0.4, -0.2) is 9.97 Å². The number of aryl methyl sites for hydroxylation is 2. The number of benzene rings is 1. The number of hydrogen-bond acceptors (Lipinski definition) is 4. The van der Waals surface area contributed by atoms with Crippen LogP contribution in [0.4, 0.5) is 5.82 Å². The molecular formula is C13H14ClN3O. The van der Waals surface area contributed by atoms with Crippen LogP contribution in [0.5, 0.6) is 11.6 Å². The minimum Gasteiger partial charge on any atom is -0.439 e. The van der Waals surface area contributed by atoms with E-state index < -0.39 is 0 Å². The van der Waals surface area contributed by atoms with E-state index in [1.807, 2.05) is 26.0 Å². The van der Waals surface area contributed by atoms with Gasteiger partial charge in [-0.05, 0) is 30.7 Å². The Bertz CT molecular complexity index is 572. The van der Waals surface area contributed by atoms with Crippen molar-refractivity contribution in [2.45, 2.75) is 20.3 Å². The van der Waals surface area contributed by atoms with Crippen molar-refractivity contribution in [2.75, 3.05) is 5.73 Å². The molecule has 1 heterocycles. The third kappa shape index (κ3) is 2.90. The maximum Gasteiger partial charge on any atom is 0.224 e. The highest BCUT2D eigenvalue weighted by Gasteiger charge is 2.06. The van der Waals surface area contributed by atoms with Crippen LogP contribution in [-0.2, 0) is 6.42 Å². The van der Waals surface area contributed by atoms with E-state index in [1.54, 1.807) is 12.1 Å². The standard InChI is InChI=1S/C13H14ClN3O/c1-3-12-16-11(15)7-13(17-12)18-10-5-4-9(14)6-8(10)2/h4-7H,3H2,1-2H3,(H2,15,16,17). The Morgan fingerprint density at radius 3 is 2.72 bits per heavy atom. The number of nitrogens with two attached hydrogens (primary N) is 1. The molecule has 0 atom stereocenters. The number of anilines is 1. The molecule has 0 radical (unpaired) electrons. The summed E-state index contributed by atoms with van der Waals surface area (Å²) in [6, 6.07) is 7.02. The molecule has 4 nitrogen and oxygen atoms in total. The fourth-order valence-electron chi connectivity index (χ4n) is 1.54. The summed E-state index contributed by atoms with van der Waals surface area (Å²) < 4.78 is 5.70. The maximum absolute atomic E-state index is 5.89. The highest BCUT2D eigenvalue weighted by atomic mass is 35.5. The largest absolute Gasteiger partial charge is 0.439 e. The van der Waals surface area contributed by atoms with Crippen LogP contribution in [0, 0.1) is 6.92 Å². The molecule has 0 bridgehead atoms. The predicted octanol–water partition coefficient (Wildman–Crippen LogP) is 3.38. The quantitative estimate of drug-likeness (QED) is 0.922. The monoisotopic (exact) mass is 263 g/mol. The predicted molar refractivity (Wildman–Crippen MR) is 72.1 cm³/mol. The van der Waals surface area contributed by atoms with Gasteiger partial charge in [0.15, 0.2) is 0 Å². The fourth-order valence-corrected chi connectivity index (χ4v) is 1.77. The topological polar surface area (TPSA) is 61.0 Å². The first-order valence-electron chi connectivity index (χ1n) is 5.66. The molecule has 18 heavy (non-hydrogen) atoms. The number of rotatable bonds is 3. The van der Waals surface area contributed by atoms with Gasteiger partial charge in [0.1, 0.15) is 17.4 Å². The molecule has 0 aliphatic heterocycles. The Kier molecular flexibility index (Phi) is 3.67. The fraction of sp³-hybridized carbons (Fsp3) is 0.231. The zero-order valence-corrected chi connectivity index (χ0v) is 11.0. The lowest BCUT2D eigenvalue weighted by molar-refractivity contribution is 0.456. The number of nitrogen functional groups attached to an aromatic ring is 1.